The largest absolute Gasteiger partial charge is 0.444 e. The van der Waals surface area contributed by atoms with E-state index in [0.29, 0.717) is 0 Å². The van der Waals surface area contributed by atoms with Crippen molar-refractivity contribution in [3.63, 3.8) is 0 Å². The first kappa shape index (κ1) is 15.7. The Hall–Kier alpha value is -1.26. The summed E-state index contributed by atoms with van der Waals surface area (Å²) in [5.41, 5.74) is -0.563. The van der Waals surface area contributed by atoms with Gasteiger partial charge in [-0.15, -0.1) is 0 Å². The lowest BCUT2D eigenvalue weighted by Crippen LogP contribution is -2.50. The summed E-state index contributed by atoms with van der Waals surface area (Å²) in [5.74, 6) is -0.146. The van der Waals surface area contributed by atoms with Gasteiger partial charge in [0.2, 0.25) is 5.91 Å². The normalized spacial score (nSPS) is 14.7. The minimum atomic E-state index is -0.564. The van der Waals surface area contributed by atoms with Crippen LogP contribution in [0.1, 0.15) is 41.0 Å². The van der Waals surface area contributed by atoms with Crippen LogP contribution in [0.15, 0.2) is 0 Å². The van der Waals surface area contributed by atoms with E-state index >= 15 is 0 Å². The smallest absolute Gasteiger partial charge is 0.408 e. The molecule has 0 aromatic heterocycles. The molecule has 0 aromatic carbocycles. The second-order valence-corrected chi connectivity index (χ2v) is 5.12. The van der Waals surface area contributed by atoms with Crippen LogP contribution in [0.3, 0.4) is 0 Å². The first-order valence-electron chi connectivity index (χ1n) is 5.92. The molecule has 0 aliphatic heterocycles. The summed E-state index contributed by atoms with van der Waals surface area (Å²) in [6.45, 7) is 9.23. The van der Waals surface area contributed by atoms with E-state index in [1.54, 1.807) is 27.8 Å². The maximum Gasteiger partial charge on any atom is 0.408 e. The molecule has 0 aromatic rings. The van der Waals surface area contributed by atoms with Crippen LogP contribution in [0.25, 0.3) is 0 Å². The summed E-state index contributed by atoms with van der Waals surface area (Å²) in [4.78, 5) is 23.2. The summed E-state index contributed by atoms with van der Waals surface area (Å²) in [7, 11) is 1.55. The number of amides is 2. The highest BCUT2D eigenvalue weighted by atomic mass is 16.6. The number of carbonyl (C=O) groups excluding carboxylic acids is 2. The van der Waals surface area contributed by atoms with Crippen LogP contribution in [0, 0.1) is 5.92 Å². The minimum Gasteiger partial charge on any atom is -0.444 e. The van der Waals surface area contributed by atoms with Gasteiger partial charge in [0, 0.05) is 7.05 Å². The van der Waals surface area contributed by atoms with Crippen molar-refractivity contribution in [1.82, 2.24) is 10.6 Å². The highest BCUT2D eigenvalue weighted by Gasteiger charge is 2.27. The number of ether oxygens (including phenoxy) is 1. The molecule has 0 heterocycles. The zero-order chi connectivity index (χ0) is 13.6. The third-order valence-electron chi connectivity index (χ3n) is 2.41. The van der Waals surface area contributed by atoms with E-state index in [1.807, 2.05) is 13.8 Å². The Kier molecular flexibility index (Phi) is 5.99. The molecule has 0 unspecified atom stereocenters. The van der Waals surface area contributed by atoms with E-state index in [1.165, 1.54) is 0 Å². The number of hydrogen-bond donors (Lipinski definition) is 2. The maximum atomic E-state index is 11.6. The number of carbonyl (C=O) groups is 2. The van der Waals surface area contributed by atoms with E-state index < -0.39 is 17.7 Å². The summed E-state index contributed by atoms with van der Waals surface area (Å²) in [6.07, 6.45) is 0.236. The van der Waals surface area contributed by atoms with Crippen LogP contribution in [0.2, 0.25) is 0 Å². The monoisotopic (exact) mass is 244 g/mol. The second kappa shape index (κ2) is 6.47. The molecular formula is C12H24N2O3. The number of likely N-dealkylation sites (N-methyl/N-ethyl adjacent to an activating group) is 1. The number of hydrogen-bond acceptors (Lipinski definition) is 3. The predicted molar refractivity (Wildman–Crippen MR) is 66.7 cm³/mol. The fraction of sp³-hybridized carbons (Fsp3) is 0.833. The van der Waals surface area contributed by atoms with Crippen molar-refractivity contribution >= 4 is 12.0 Å². The first-order chi connectivity index (χ1) is 7.71. The topological polar surface area (TPSA) is 67.4 Å². The lowest BCUT2D eigenvalue weighted by Gasteiger charge is -2.25. The van der Waals surface area contributed by atoms with Crippen LogP contribution in [0.5, 0.6) is 0 Å². The molecule has 5 heteroatoms. The molecule has 0 rings (SSSR count). The lowest BCUT2D eigenvalue weighted by molar-refractivity contribution is -0.123. The Morgan fingerprint density at radius 3 is 2.18 bits per heavy atom. The average molecular weight is 244 g/mol. The fourth-order valence-electron chi connectivity index (χ4n) is 1.29. The maximum absolute atomic E-state index is 11.6. The van der Waals surface area contributed by atoms with Gasteiger partial charge in [0.15, 0.2) is 0 Å². The molecule has 0 aliphatic carbocycles. The van der Waals surface area contributed by atoms with Gasteiger partial charge < -0.3 is 15.4 Å². The van der Waals surface area contributed by atoms with Gasteiger partial charge >= 0.3 is 6.09 Å². The molecule has 2 N–H and O–H groups in total. The van der Waals surface area contributed by atoms with E-state index in [2.05, 4.69) is 10.6 Å². The van der Waals surface area contributed by atoms with E-state index in [4.69, 9.17) is 4.74 Å². The quantitative estimate of drug-likeness (QED) is 0.790. The molecule has 0 saturated carbocycles. The molecule has 0 fully saturated rings. The second-order valence-electron chi connectivity index (χ2n) is 5.12. The Balaban J connectivity index is 4.54. The van der Waals surface area contributed by atoms with Gasteiger partial charge in [-0.05, 0) is 26.7 Å². The number of rotatable bonds is 4. The predicted octanol–water partition coefficient (Wildman–Crippen LogP) is 1.67. The van der Waals surface area contributed by atoms with Crippen LogP contribution >= 0.6 is 0 Å². The SMILES string of the molecule is CC[C@@H](C)[C@@H](NC(=O)OC(C)(C)C)C(=O)NC. The molecule has 2 atom stereocenters. The van der Waals surface area contributed by atoms with Crippen molar-refractivity contribution in [1.29, 1.82) is 0 Å². The zero-order valence-electron chi connectivity index (χ0n) is 11.6. The van der Waals surface area contributed by atoms with E-state index in [9.17, 15) is 9.59 Å². The summed E-state index contributed by atoms with van der Waals surface area (Å²) in [6, 6.07) is -0.556. The molecule has 0 aliphatic rings. The molecule has 17 heavy (non-hydrogen) atoms. The highest BCUT2D eigenvalue weighted by molar-refractivity contribution is 5.85. The van der Waals surface area contributed by atoms with Crippen LogP contribution < -0.4 is 10.6 Å². The standard InChI is InChI=1S/C12H24N2O3/c1-7-8(2)9(10(15)13-6)14-11(16)17-12(3,4)5/h8-9H,7H2,1-6H3,(H,13,15)(H,14,16)/t8-,9-/m1/s1. The molecular weight excluding hydrogens is 220 g/mol. The third-order valence-corrected chi connectivity index (χ3v) is 2.41. The van der Waals surface area contributed by atoms with Crippen molar-refractivity contribution in [2.75, 3.05) is 7.05 Å². The molecule has 2 amide bonds. The van der Waals surface area contributed by atoms with Gasteiger partial charge in [-0.3, -0.25) is 4.79 Å². The van der Waals surface area contributed by atoms with Crippen molar-refractivity contribution in [3.8, 4) is 0 Å². The van der Waals surface area contributed by atoms with Gasteiger partial charge in [-0.2, -0.15) is 0 Å². The Morgan fingerprint density at radius 2 is 1.82 bits per heavy atom. The van der Waals surface area contributed by atoms with Crippen LogP contribution in [0.4, 0.5) is 4.79 Å². The number of alkyl carbamates (subject to hydrolysis) is 1. The zero-order valence-corrected chi connectivity index (χ0v) is 11.6. The Bertz CT molecular complexity index is 271. The fourth-order valence-corrected chi connectivity index (χ4v) is 1.29. The van der Waals surface area contributed by atoms with Gasteiger partial charge in [0.05, 0.1) is 0 Å². The van der Waals surface area contributed by atoms with Gasteiger partial charge in [0.1, 0.15) is 11.6 Å². The summed E-state index contributed by atoms with van der Waals surface area (Å²) in [5, 5.41) is 5.14. The van der Waals surface area contributed by atoms with Crippen molar-refractivity contribution in [2.45, 2.75) is 52.7 Å². The molecule has 100 valence electrons. The third kappa shape index (κ3) is 6.14. The molecule has 0 saturated heterocycles. The van der Waals surface area contributed by atoms with Gasteiger partial charge in [-0.25, -0.2) is 4.79 Å². The molecule has 0 radical (unpaired) electrons. The van der Waals surface area contributed by atoms with Crippen LogP contribution in [-0.4, -0.2) is 30.7 Å². The van der Waals surface area contributed by atoms with Gasteiger partial charge in [-0.1, -0.05) is 20.3 Å². The van der Waals surface area contributed by atoms with Crippen LogP contribution in [-0.2, 0) is 9.53 Å². The molecule has 0 spiro atoms. The summed E-state index contributed by atoms with van der Waals surface area (Å²) < 4.78 is 5.13. The molecule has 5 nitrogen and oxygen atoms in total. The lowest BCUT2D eigenvalue weighted by atomic mass is 9.98. The minimum absolute atomic E-state index is 0.0578. The summed E-state index contributed by atoms with van der Waals surface area (Å²) >= 11 is 0. The highest BCUT2D eigenvalue weighted by Crippen LogP contribution is 2.11. The molecule has 0 bridgehead atoms. The first-order valence-corrected chi connectivity index (χ1v) is 5.92. The number of nitrogens with one attached hydrogen (secondary N) is 2. The van der Waals surface area contributed by atoms with Crippen molar-refractivity contribution in [2.24, 2.45) is 5.92 Å². The van der Waals surface area contributed by atoms with Gasteiger partial charge in [0.25, 0.3) is 0 Å². The Labute approximate surface area is 103 Å². The van der Waals surface area contributed by atoms with E-state index in [-0.39, 0.29) is 11.8 Å². The van der Waals surface area contributed by atoms with Crippen molar-refractivity contribution in [3.05, 3.63) is 0 Å². The average Bonchev–Trinajstić information content (AvgIpc) is 2.21. The van der Waals surface area contributed by atoms with E-state index in [0.717, 1.165) is 6.42 Å². The van der Waals surface area contributed by atoms with Crippen molar-refractivity contribution < 1.29 is 14.3 Å². The Morgan fingerprint density at radius 1 is 1.29 bits per heavy atom.